The summed E-state index contributed by atoms with van der Waals surface area (Å²) >= 11 is 0. The van der Waals surface area contributed by atoms with Gasteiger partial charge in [-0.25, -0.2) is 9.36 Å². The molecule has 2 atom stereocenters. The second-order valence-electron chi connectivity index (χ2n) is 27.7. The molecular weight excluding hydrogens is 1130 g/mol. The maximum atomic E-state index is 12.9. The van der Waals surface area contributed by atoms with E-state index in [0.29, 0.717) is 43.6 Å². The first kappa shape index (κ1) is 70.5. The number of nitrogens with zero attached hydrogens (tertiary/aromatic N) is 6. The van der Waals surface area contributed by atoms with Gasteiger partial charge in [-0.1, -0.05) is 139 Å². The molecule has 2 unspecified atom stereocenters. The first-order valence-corrected chi connectivity index (χ1v) is 33.2. The number of aryl methyl sites for hydroxylation is 2. The van der Waals surface area contributed by atoms with Crippen LogP contribution in [0.15, 0.2) is 97.1 Å². The lowest BCUT2D eigenvalue weighted by atomic mass is 9.83. The van der Waals surface area contributed by atoms with Gasteiger partial charge in [0.05, 0.1) is 28.5 Å². The van der Waals surface area contributed by atoms with E-state index in [0.717, 1.165) is 148 Å². The monoisotopic (exact) mass is 1230 g/mol. The fourth-order valence-electron chi connectivity index (χ4n) is 11.1. The van der Waals surface area contributed by atoms with Gasteiger partial charge >= 0.3 is 0 Å². The summed E-state index contributed by atoms with van der Waals surface area (Å²) in [4.78, 5) is 51.1. The van der Waals surface area contributed by atoms with Crippen molar-refractivity contribution in [1.29, 1.82) is 0 Å². The zero-order valence-electron chi connectivity index (χ0n) is 56.3. The van der Waals surface area contributed by atoms with E-state index < -0.39 is 0 Å². The molecule has 0 aliphatic heterocycles. The molecule has 0 fully saturated rings. The largest absolute Gasteiger partial charge is 0.364 e. The Hall–Kier alpha value is -6.92. The molecule has 17 nitrogen and oxygen atoms in total. The van der Waals surface area contributed by atoms with E-state index in [-0.39, 0.29) is 70.8 Å². The highest BCUT2D eigenvalue weighted by atomic mass is 16.5. The van der Waals surface area contributed by atoms with Crippen LogP contribution in [0.4, 0.5) is 0 Å². The predicted molar refractivity (Wildman–Crippen MR) is 358 cm³/mol. The van der Waals surface area contributed by atoms with Crippen molar-refractivity contribution in [2.24, 2.45) is 10.8 Å². The van der Waals surface area contributed by atoms with Crippen LogP contribution in [0, 0.1) is 10.8 Å². The number of hydrogen-bond donors (Lipinski definition) is 5. The third-order valence-electron chi connectivity index (χ3n) is 18.5. The predicted octanol–water partition coefficient (Wildman–Crippen LogP) is 12.6. The lowest BCUT2D eigenvalue weighted by Crippen LogP contribution is -2.40. The molecule has 90 heavy (non-hydrogen) atoms. The highest BCUT2D eigenvalue weighted by molar-refractivity contribution is 5.95. The van der Waals surface area contributed by atoms with E-state index in [1.807, 2.05) is 72.0 Å². The third-order valence-corrected chi connectivity index (χ3v) is 18.5. The van der Waals surface area contributed by atoms with Gasteiger partial charge in [-0.05, 0) is 194 Å². The Bertz CT molecular complexity index is 3220. The average Bonchev–Trinajstić information content (AvgIpc) is 2.52. The Kier molecular flexibility index (Phi) is 26.2. The van der Waals surface area contributed by atoms with Crippen molar-refractivity contribution in [3.05, 3.63) is 153 Å². The topological polar surface area (TPSA) is 208 Å². The van der Waals surface area contributed by atoms with Crippen LogP contribution in [0.1, 0.15) is 231 Å². The highest BCUT2D eigenvalue weighted by Gasteiger charge is 2.29. The third kappa shape index (κ3) is 21.6. The number of carbonyl (C=O) groups is 4. The standard InChI is InChI=1S/C37H53N5O3.C36H52N6O3/c1-7-36(3,4)22-23-38-35(44)29-18-20-30(21-19-29)42-31-12-10-9-11-13-32(34(31)40-41-42)45-26-33(43)39-25-28-16-14-27(15-17-28)24-37(5,6)8-2;1-35(2,37-5)22-23-39-34(44)28-17-19-29(20-18-28)42-33-31(40-41-42)10-8-7-9-11-32(33)45-25-30(43)21-16-26-12-14-27(15-13-26)24-36(3,4)38-6/h14-21,32H,7-13,22-26H2,1-6H3,(H,38,44)(H,39,43);12-15,17-20,32,37-38H,7-11,16,21-25H2,1-6H3,(H,39,44). The molecule has 5 N–H and O–H groups in total. The number of likely N-dealkylation sites (N-methyl/N-ethyl adjacent to an activating group) is 1. The second-order valence-corrected chi connectivity index (χ2v) is 27.7. The molecule has 2 aromatic heterocycles. The summed E-state index contributed by atoms with van der Waals surface area (Å²) in [6, 6.07) is 32.0. The Labute approximate surface area is 536 Å². The van der Waals surface area contributed by atoms with Crippen molar-refractivity contribution in [1.82, 2.24) is 56.6 Å². The first-order valence-electron chi connectivity index (χ1n) is 33.2. The minimum absolute atomic E-state index is 0.0288. The SMILES string of the molecule is CCC(C)(C)CCNC(=O)c1ccc(-n2nnc3c2CCCCCC3OCC(=O)NCc2ccc(CC(C)(C)CC)cc2)cc1.CNC(C)(C)CCNC(=O)c1ccc(-n2nnc3c2C(OCC(=O)CCc2ccc(CC(C)(C)NC)cc2)CCCCC3)cc1. The Morgan fingerprint density at radius 3 is 1.66 bits per heavy atom. The number of ketones is 1. The quantitative estimate of drug-likeness (QED) is 0.0297. The summed E-state index contributed by atoms with van der Waals surface area (Å²) in [5.74, 6) is -0.223. The van der Waals surface area contributed by atoms with Crippen LogP contribution in [0.25, 0.3) is 11.4 Å². The molecule has 6 aromatic rings. The number of amides is 3. The number of carbonyl (C=O) groups excluding carboxylic acids is 4. The van der Waals surface area contributed by atoms with Crippen LogP contribution in [-0.4, -0.2) is 105 Å². The number of aromatic nitrogens is 6. The highest BCUT2D eigenvalue weighted by Crippen LogP contribution is 2.34. The Morgan fingerprint density at radius 2 is 1.06 bits per heavy atom. The minimum atomic E-state index is -0.293. The molecule has 17 heteroatoms. The molecule has 0 bridgehead atoms. The van der Waals surface area contributed by atoms with E-state index in [4.69, 9.17) is 9.47 Å². The number of hydrogen-bond acceptors (Lipinski definition) is 12. The molecule has 0 spiro atoms. The summed E-state index contributed by atoms with van der Waals surface area (Å²) in [6.45, 7) is 23.8. The van der Waals surface area contributed by atoms with Crippen LogP contribution in [-0.2, 0) is 57.7 Å². The normalized spacial score (nSPS) is 15.6. The number of fused-ring (bicyclic) bond motifs is 2. The van der Waals surface area contributed by atoms with E-state index in [9.17, 15) is 19.2 Å². The molecule has 4 aromatic carbocycles. The molecular formula is C73H105N11O6. The first-order chi connectivity index (χ1) is 43.0. The molecule has 2 heterocycles. The molecule has 3 amide bonds. The van der Waals surface area contributed by atoms with Crippen molar-refractivity contribution < 1.29 is 28.7 Å². The van der Waals surface area contributed by atoms with Crippen LogP contribution in [0.5, 0.6) is 0 Å². The molecule has 2 aliphatic rings. The zero-order chi connectivity index (χ0) is 64.9. The van der Waals surface area contributed by atoms with Gasteiger partial charge in [0.2, 0.25) is 5.91 Å². The number of ether oxygens (including phenoxy) is 2. The van der Waals surface area contributed by atoms with Crippen molar-refractivity contribution in [2.45, 2.75) is 215 Å². The number of benzene rings is 4. The summed E-state index contributed by atoms with van der Waals surface area (Å²) in [7, 11) is 3.91. The Balaban J connectivity index is 0.000000256. The maximum Gasteiger partial charge on any atom is 0.251 e. The van der Waals surface area contributed by atoms with Gasteiger partial charge in [0.15, 0.2) is 5.78 Å². The molecule has 8 rings (SSSR count). The van der Waals surface area contributed by atoms with Gasteiger partial charge in [-0.2, -0.15) is 0 Å². The van der Waals surface area contributed by atoms with Gasteiger partial charge in [-0.3, -0.25) is 19.2 Å². The lowest BCUT2D eigenvalue weighted by Gasteiger charge is -2.24. The summed E-state index contributed by atoms with van der Waals surface area (Å²) < 4.78 is 16.2. The van der Waals surface area contributed by atoms with Gasteiger partial charge < -0.3 is 36.1 Å². The van der Waals surface area contributed by atoms with E-state index in [1.54, 1.807) is 0 Å². The van der Waals surface area contributed by atoms with Crippen LogP contribution < -0.4 is 26.6 Å². The fraction of sp³-hybridized carbons (Fsp3) is 0.562. The molecule has 0 saturated heterocycles. The van der Waals surface area contributed by atoms with Gasteiger partial charge in [-0.15, -0.1) is 10.2 Å². The van der Waals surface area contributed by atoms with Crippen LogP contribution in [0.3, 0.4) is 0 Å². The van der Waals surface area contributed by atoms with Crippen molar-refractivity contribution in [2.75, 3.05) is 40.4 Å². The molecule has 488 valence electrons. The summed E-state index contributed by atoms with van der Waals surface area (Å²) in [5.41, 5.74) is 11.8. The van der Waals surface area contributed by atoms with Gasteiger partial charge in [0.1, 0.15) is 31.1 Å². The summed E-state index contributed by atoms with van der Waals surface area (Å²) in [5, 5.41) is 33.7. The summed E-state index contributed by atoms with van der Waals surface area (Å²) in [6.07, 6.45) is 16.1. The van der Waals surface area contributed by atoms with Crippen LogP contribution in [0.2, 0.25) is 0 Å². The van der Waals surface area contributed by atoms with Crippen molar-refractivity contribution in [3.8, 4) is 11.4 Å². The van der Waals surface area contributed by atoms with Gasteiger partial charge in [0.25, 0.3) is 11.8 Å². The molecule has 0 saturated carbocycles. The van der Waals surface area contributed by atoms with Crippen molar-refractivity contribution >= 4 is 23.5 Å². The van der Waals surface area contributed by atoms with Crippen LogP contribution >= 0.6 is 0 Å². The van der Waals surface area contributed by atoms with Gasteiger partial charge in [0, 0.05) is 48.3 Å². The minimum Gasteiger partial charge on any atom is -0.364 e. The maximum absolute atomic E-state index is 12.9. The molecule has 2 aliphatic carbocycles. The molecule has 0 radical (unpaired) electrons. The van der Waals surface area contributed by atoms with E-state index >= 15 is 0 Å². The zero-order valence-corrected chi connectivity index (χ0v) is 56.3. The number of nitrogens with one attached hydrogen (secondary N) is 5. The van der Waals surface area contributed by atoms with E-state index in [2.05, 4.69) is 165 Å². The lowest BCUT2D eigenvalue weighted by molar-refractivity contribution is -0.128. The second kappa shape index (κ2) is 33.4. The fourth-order valence-corrected chi connectivity index (χ4v) is 11.1. The number of Topliss-reactive ketones (excluding diaryl/α,β-unsaturated/α-hetero) is 1. The van der Waals surface area contributed by atoms with E-state index in [1.165, 1.54) is 11.1 Å². The smallest absolute Gasteiger partial charge is 0.251 e. The Morgan fingerprint density at radius 1 is 0.533 bits per heavy atom. The average molecular weight is 1230 g/mol. The van der Waals surface area contributed by atoms with Crippen molar-refractivity contribution in [3.63, 3.8) is 0 Å². The number of rotatable bonds is 29.